The lowest BCUT2D eigenvalue weighted by Crippen LogP contribution is -2.47. The highest BCUT2D eigenvalue weighted by Crippen LogP contribution is 2.22. The van der Waals surface area contributed by atoms with Crippen LogP contribution in [0, 0.1) is 0 Å². The van der Waals surface area contributed by atoms with Gasteiger partial charge in [0.2, 0.25) is 5.95 Å². The molecule has 2 saturated heterocycles. The van der Waals surface area contributed by atoms with E-state index in [1.54, 1.807) is 6.20 Å². The van der Waals surface area contributed by atoms with Gasteiger partial charge in [0.15, 0.2) is 0 Å². The quantitative estimate of drug-likeness (QED) is 0.796. The van der Waals surface area contributed by atoms with Crippen molar-refractivity contribution in [1.82, 2.24) is 15.0 Å². The fourth-order valence-corrected chi connectivity index (χ4v) is 3.55. The molecule has 2 fully saturated rings. The first-order valence-corrected chi connectivity index (χ1v) is 9.93. The summed E-state index contributed by atoms with van der Waals surface area (Å²) in [5.74, 6) is 2.83. The molecule has 0 atom stereocenters. The van der Waals surface area contributed by atoms with E-state index in [1.165, 1.54) is 0 Å². The van der Waals surface area contributed by atoms with Gasteiger partial charge in [-0.3, -0.25) is 0 Å². The molecule has 7 nitrogen and oxygen atoms in total. The molecule has 4 heterocycles. The van der Waals surface area contributed by atoms with Gasteiger partial charge in [0.25, 0.3) is 0 Å². The second-order valence-electron chi connectivity index (χ2n) is 6.78. The lowest BCUT2D eigenvalue weighted by molar-refractivity contribution is 0.122. The maximum atomic E-state index is 5.95. The van der Waals surface area contributed by atoms with Gasteiger partial charge in [-0.15, -0.1) is 0 Å². The van der Waals surface area contributed by atoms with E-state index < -0.39 is 0 Å². The second kappa shape index (κ2) is 8.27. The highest BCUT2D eigenvalue weighted by atomic mass is 35.5. The first kappa shape index (κ1) is 18.3. The van der Waals surface area contributed by atoms with Gasteiger partial charge in [0.1, 0.15) is 11.6 Å². The number of pyridine rings is 1. The number of anilines is 3. The molecule has 2 aromatic rings. The van der Waals surface area contributed by atoms with Gasteiger partial charge in [-0.05, 0) is 18.6 Å². The Kier molecular flexibility index (Phi) is 5.59. The first-order chi connectivity index (χ1) is 13.2. The fraction of sp³-hybridized carbons (Fsp3) is 0.526. The van der Waals surface area contributed by atoms with Crippen molar-refractivity contribution in [2.75, 3.05) is 67.2 Å². The van der Waals surface area contributed by atoms with Crippen molar-refractivity contribution in [3.05, 3.63) is 35.1 Å². The number of hydrogen-bond acceptors (Lipinski definition) is 7. The van der Waals surface area contributed by atoms with E-state index in [2.05, 4.69) is 32.7 Å². The summed E-state index contributed by atoms with van der Waals surface area (Å²) < 4.78 is 5.46. The van der Waals surface area contributed by atoms with Crippen molar-refractivity contribution in [3.8, 4) is 0 Å². The summed E-state index contributed by atoms with van der Waals surface area (Å²) in [5, 5.41) is 0.668. The van der Waals surface area contributed by atoms with Gasteiger partial charge in [-0.1, -0.05) is 18.5 Å². The van der Waals surface area contributed by atoms with E-state index in [9.17, 15) is 0 Å². The van der Waals surface area contributed by atoms with Gasteiger partial charge in [-0.2, -0.15) is 4.98 Å². The Morgan fingerprint density at radius 1 is 0.926 bits per heavy atom. The highest BCUT2D eigenvalue weighted by molar-refractivity contribution is 6.30. The Balaban J connectivity index is 1.47. The van der Waals surface area contributed by atoms with E-state index in [0.29, 0.717) is 5.02 Å². The zero-order valence-electron chi connectivity index (χ0n) is 15.6. The summed E-state index contributed by atoms with van der Waals surface area (Å²) in [6.45, 7) is 8.95. The molecule has 0 aliphatic carbocycles. The molecule has 27 heavy (non-hydrogen) atoms. The van der Waals surface area contributed by atoms with Crippen molar-refractivity contribution < 1.29 is 4.74 Å². The molecule has 0 spiro atoms. The highest BCUT2D eigenvalue weighted by Gasteiger charge is 2.22. The molecule has 8 heteroatoms. The Bertz CT molecular complexity index is 757. The van der Waals surface area contributed by atoms with Crippen LogP contribution in [0.4, 0.5) is 17.6 Å². The zero-order valence-corrected chi connectivity index (χ0v) is 16.4. The minimum absolute atomic E-state index is 0.668. The molecule has 2 aliphatic rings. The lowest BCUT2D eigenvalue weighted by Gasteiger charge is -2.36. The third-order valence-electron chi connectivity index (χ3n) is 5.05. The standard InChI is InChI=1S/C19H25ClN6O/c1-2-16-13-18(23-19(22-16)26-9-11-27-12-10-26)25-7-5-24(6-8-25)17-4-3-15(20)14-21-17/h3-4,13-14H,2,5-12H2,1H3. The van der Waals surface area contributed by atoms with Crippen molar-refractivity contribution in [2.45, 2.75) is 13.3 Å². The third kappa shape index (κ3) is 4.25. The van der Waals surface area contributed by atoms with Gasteiger partial charge < -0.3 is 19.4 Å². The normalized spacial score (nSPS) is 18.1. The molecule has 0 N–H and O–H groups in total. The monoisotopic (exact) mass is 388 g/mol. The van der Waals surface area contributed by atoms with Crippen molar-refractivity contribution >= 4 is 29.2 Å². The van der Waals surface area contributed by atoms with Crippen LogP contribution in [0.5, 0.6) is 0 Å². The lowest BCUT2D eigenvalue weighted by atomic mass is 10.2. The Labute approximate surface area is 164 Å². The molecule has 0 saturated carbocycles. The fourth-order valence-electron chi connectivity index (χ4n) is 3.44. The number of aromatic nitrogens is 3. The van der Waals surface area contributed by atoms with Crippen LogP contribution in [0.15, 0.2) is 24.4 Å². The van der Waals surface area contributed by atoms with Crippen LogP contribution in [0.3, 0.4) is 0 Å². The topological polar surface area (TPSA) is 57.6 Å². The van der Waals surface area contributed by atoms with Crippen LogP contribution < -0.4 is 14.7 Å². The van der Waals surface area contributed by atoms with Crippen LogP contribution in [0.1, 0.15) is 12.6 Å². The molecule has 0 unspecified atom stereocenters. The van der Waals surface area contributed by atoms with Gasteiger partial charge in [-0.25, -0.2) is 9.97 Å². The summed E-state index contributed by atoms with van der Waals surface area (Å²) >= 11 is 5.95. The number of nitrogens with zero attached hydrogens (tertiary/aromatic N) is 6. The zero-order chi connectivity index (χ0) is 18.6. The first-order valence-electron chi connectivity index (χ1n) is 9.55. The van der Waals surface area contributed by atoms with Crippen molar-refractivity contribution in [3.63, 3.8) is 0 Å². The second-order valence-corrected chi connectivity index (χ2v) is 7.22. The number of piperazine rings is 1. The third-order valence-corrected chi connectivity index (χ3v) is 5.27. The Morgan fingerprint density at radius 2 is 1.63 bits per heavy atom. The maximum Gasteiger partial charge on any atom is 0.227 e. The number of rotatable bonds is 4. The van der Waals surface area contributed by atoms with E-state index in [1.807, 2.05) is 12.1 Å². The molecule has 0 aromatic carbocycles. The van der Waals surface area contributed by atoms with E-state index in [4.69, 9.17) is 26.3 Å². The largest absolute Gasteiger partial charge is 0.378 e. The summed E-state index contributed by atoms with van der Waals surface area (Å²) in [7, 11) is 0. The molecular weight excluding hydrogens is 364 g/mol. The minimum Gasteiger partial charge on any atom is -0.378 e. The summed E-state index contributed by atoms with van der Waals surface area (Å²) in [5.41, 5.74) is 1.09. The number of aryl methyl sites for hydroxylation is 1. The van der Waals surface area contributed by atoms with Gasteiger partial charge in [0.05, 0.1) is 18.2 Å². The maximum absolute atomic E-state index is 5.95. The average molecular weight is 389 g/mol. The Morgan fingerprint density at radius 3 is 2.26 bits per heavy atom. The predicted octanol–water partition coefficient (Wildman–Crippen LogP) is 2.25. The molecule has 0 radical (unpaired) electrons. The summed E-state index contributed by atoms with van der Waals surface area (Å²) in [6.07, 6.45) is 2.61. The van der Waals surface area contributed by atoms with Crippen LogP contribution in [-0.4, -0.2) is 67.4 Å². The smallest absolute Gasteiger partial charge is 0.227 e. The van der Waals surface area contributed by atoms with E-state index in [-0.39, 0.29) is 0 Å². The van der Waals surface area contributed by atoms with Crippen LogP contribution in [0.25, 0.3) is 0 Å². The van der Waals surface area contributed by atoms with E-state index >= 15 is 0 Å². The molecule has 2 aliphatic heterocycles. The summed E-state index contributed by atoms with van der Waals surface area (Å²) in [6, 6.07) is 6.00. The molecular formula is C19H25ClN6O. The summed E-state index contributed by atoms with van der Waals surface area (Å²) in [4.78, 5) is 20.9. The predicted molar refractivity (Wildman–Crippen MR) is 108 cm³/mol. The molecule has 2 aromatic heterocycles. The number of halogens is 1. The van der Waals surface area contributed by atoms with Crippen LogP contribution >= 0.6 is 11.6 Å². The van der Waals surface area contributed by atoms with Crippen molar-refractivity contribution in [1.29, 1.82) is 0 Å². The van der Waals surface area contributed by atoms with Crippen LogP contribution in [0.2, 0.25) is 5.02 Å². The van der Waals surface area contributed by atoms with Crippen molar-refractivity contribution in [2.24, 2.45) is 0 Å². The van der Waals surface area contributed by atoms with Crippen LogP contribution in [-0.2, 0) is 11.2 Å². The molecule has 0 amide bonds. The number of ether oxygens (including phenoxy) is 1. The SMILES string of the molecule is CCc1cc(N2CCN(c3ccc(Cl)cn3)CC2)nc(N2CCOCC2)n1. The van der Waals surface area contributed by atoms with Gasteiger partial charge in [0, 0.05) is 57.2 Å². The minimum atomic E-state index is 0.668. The number of morpholine rings is 1. The molecule has 144 valence electrons. The average Bonchev–Trinajstić information content (AvgIpc) is 2.75. The van der Waals surface area contributed by atoms with Gasteiger partial charge >= 0.3 is 0 Å². The Hall–Kier alpha value is -2.12. The molecule has 4 rings (SSSR count). The number of hydrogen-bond donors (Lipinski definition) is 0. The molecule has 0 bridgehead atoms. The van der Waals surface area contributed by atoms with E-state index in [0.717, 1.165) is 82.2 Å².